The number of nitrogens with zero attached hydrogens (tertiary/aromatic N) is 2. The Kier molecular flexibility index (Phi) is 4.38. The zero-order chi connectivity index (χ0) is 13.9. The van der Waals surface area contributed by atoms with Crippen molar-refractivity contribution in [3.8, 4) is 0 Å². The highest BCUT2D eigenvalue weighted by Crippen LogP contribution is 2.26. The van der Waals surface area contributed by atoms with Crippen LogP contribution in [-0.4, -0.2) is 59.3 Å². The van der Waals surface area contributed by atoms with Gasteiger partial charge in [-0.3, -0.25) is 0 Å². The smallest absolute Gasteiger partial charge is 0.368 e. The lowest BCUT2D eigenvalue weighted by atomic mass is 10.1. The van der Waals surface area contributed by atoms with Gasteiger partial charge < -0.3 is 14.8 Å². The zero-order valence-corrected chi connectivity index (χ0v) is 9.71. The van der Waals surface area contributed by atoms with E-state index in [1.807, 2.05) is 12.9 Å². The number of hydrogen-bond acceptors (Lipinski definition) is 4. The summed E-state index contributed by atoms with van der Waals surface area (Å²) in [6.45, 7) is 4.66. The van der Waals surface area contributed by atoms with E-state index in [0.717, 1.165) is 10.6 Å². The van der Waals surface area contributed by atoms with Gasteiger partial charge in [-0.25, -0.2) is 18.8 Å². The first-order chi connectivity index (χ1) is 8.50. The summed E-state index contributed by atoms with van der Waals surface area (Å²) >= 11 is 0. The van der Waals surface area contributed by atoms with E-state index in [0.29, 0.717) is 13.1 Å². The average Bonchev–Trinajstić information content (AvgIpc) is 2.62. The highest BCUT2D eigenvalue weighted by atomic mass is 19.1. The molecule has 2 bridgehead atoms. The Balaban J connectivity index is 0.000000771. The van der Waals surface area contributed by atoms with Crippen LogP contribution in [-0.2, 0) is 14.4 Å². The number of aliphatic carboxylic acids is 1. The third kappa shape index (κ3) is 2.48. The first kappa shape index (κ1) is 14.1. The summed E-state index contributed by atoms with van der Waals surface area (Å²) in [6.07, 6.45) is -0.680. The lowest BCUT2D eigenvalue weighted by Crippen LogP contribution is -2.39. The van der Waals surface area contributed by atoms with Gasteiger partial charge in [-0.1, -0.05) is 6.08 Å². The van der Waals surface area contributed by atoms with Gasteiger partial charge in [0.25, 0.3) is 0 Å². The van der Waals surface area contributed by atoms with Crippen molar-refractivity contribution in [3.63, 3.8) is 0 Å². The summed E-state index contributed by atoms with van der Waals surface area (Å²) in [6, 6.07) is -0.888. The van der Waals surface area contributed by atoms with Gasteiger partial charge in [0.05, 0.1) is 0 Å². The molecule has 2 atom stereocenters. The van der Waals surface area contributed by atoms with Crippen LogP contribution in [0.2, 0.25) is 0 Å². The molecular formula is C10H13FN2O5. The second kappa shape index (κ2) is 5.58. The maximum atomic E-state index is 12.9. The topological polar surface area (TPSA) is 87.2 Å². The SMILES string of the molecule is C=O.CC1=CCN2CC1N(OC(F)C(=O)O)C2=O. The summed E-state index contributed by atoms with van der Waals surface area (Å²) in [4.78, 5) is 35.9. The molecule has 18 heavy (non-hydrogen) atoms. The molecular weight excluding hydrogens is 247 g/mol. The summed E-state index contributed by atoms with van der Waals surface area (Å²) < 4.78 is 12.9. The molecule has 0 aromatic heterocycles. The maximum absolute atomic E-state index is 12.9. The van der Waals surface area contributed by atoms with Crippen LogP contribution in [0.25, 0.3) is 0 Å². The molecule has 1 N–H and O–H groups in total. The third-order valence-electron chi connectivity index (χ3n) is 2.69. The van der Waals surface area contributed by atoms with E-state index in [4.69, 9.17) is 9.90 Å². The number of carboxylic acids is 1. The Morgan fingerprint density at radius 1 is 1.67 bits per heavy atom. The van der Waals surface area contributed by atoms with Crippen LogP contribution in [0.5, 0.6) is 0 Å². The minimum Gasteiger partial charge on any atom is -0.477 e. The number of carbonyl (C=O) groups excluding carboxylic acids is 2. The van der Waals surface area contributed by atoms with Crippen LogP contribution in [0.15, 0.2) is 11.6 Å². The Morgan fingerprint density at radius 3 is 2.83 bits per heavy atom. The summed E-state index contributed by atoms with van der Waals surface area (Å²) in [5.74, 6) is -1.74. The largest absolute Gasteiger partial charge is 0.477 e. The fraction of sp³-hybridized carbons (Fsp3) is 0.500. The normalized spacial score (nSPS) is 23.1. The van der Waals surface area contributed by atoms with Crippen molar-refractivity contribution in [1.82, 2.24) is 9.96 Å². The second-order valence-corrected chi connectivity index (χ2v) is 3.74. The molecule has 100 valence electrons. The van der Waals surface area contributed by atoms with Gasteiger partial charge in [0.15, 0.2) is 0 Å². The van der Waals surface area contributed by atoms with Crippen LogP contribution < -0.4 is 0 Å². The monoisotopic (exact) mass is 260 g/mol. The van der Waals surface area contributed by atoms with Gasteiger partial charge in [-0.2, -0.15) is 5.06 Å². The zero-order valence-electron chi connectivity index (χ0n) is 9.71. The molecule has 7 nitrogen and oxygen atoms in total. The minimum atomic E-state index is -2.52. The molecule has 0 aromatic carbocycles. The molecule has 2 aliphatic rings. The number of fused-ring (bicyclic) bond motifs is 2. The minimum absolute atomic E-state index is 0.390. The molecule has 8 heteroatoms. The van der Waals surface area contributed by atoms with Crippen molar-refractivity contribution >= 4 is 18.8 Å². The van der Waals surface area contributed by atoms with Crippen LogP contribution in [0.4, 0.5) is 9.18 Å². The lowest BCUT2D eigenvalue weighted by Gasteiger charge is -2.22. The van der Waals surface area contributed by atoms with Gasteiger partial charge in [-0.05, 0) is 12.5 Å². The molecule has 2 aliphatic heterocycles. The molecule has 2 heterocycles. The standard InChI is InChI=1S/C9H11FN2O4.CH2O/c1-5-2-3-11-4-6(5)12(9(11)15)16-7(10)8(13)14;1-2/h2,6-7H,3-4H2,1H3,(H,13,14);1H2. The van der Waals surface area contributed by atoms with Crippen molar-refractivity contribution < 1.29 is 28.7 Å². The van der Waals surface area contributed by atoms with Crippen LogP contribution in [0.1, 0.15) is 6.92 Å². The van der Waals surface area contributed by atoms with E-state index in [-0.39, 0.29) is 6.04 Å². The summed E-state index contributed by atoms with van der Waals surface area (Å²) in [5, 5.41) is 9.17. The van der Waals surface area contributed by atoms with E-state index in [2.05, 4.69) is 4.84 Å². The number of carboxylic acid groups (broad SMARTS) is 1. The molecule has 0 saturated carbocycles. The number of alkyl halides is 1. The fourth-order valence-corrected chi connectivity index (χ4v) is 1.77. The highest BCUT2D eigenvalue weighted by Gasteiger charge is 2.43. The quantitative estimate of drug-likeness (QED) is 0.731. The first-order valence-corrected chi connectivity index (χ1v) is 5.08. The van der Waals surface area contributed by atoms with Gasteiger partial charge in [0.1, 0.15) is 12.8 Å². The Morgan fingerprint density at radius 2 is 2.28 bits per heavy atom. The van der Waals surface area contributed by atoms with Gasteiger partial charge in [0.2, 0.25) is 0 Å². The van der Waals surface area contributed by atoms with Gasteiger partial charge >= 0.3 is 18.4 Å². The molecule has 0 spiro atoms. The predicted octanol–water partition coefficient (Wildman–Crippen LogP) is 0.179. The van der Waals surface area contributed by atoms with Crippen molar-refractivity contribution in [2.45, 2.75) is 19.3 Å². The molecule has 0 radical (unpaired) electrons. The number of urea groups is 1. The number of halogens is 1. The molecule has 0 aliphatic carbocycles. The second-order valence-electron chi connectivity index (χ2n) is 3.74. The Hall–Kier alpha value is -1.96. The number of hydrogen-bond donors (Lipinski definition) is 1. The van der Waals surface area contributed by atoms with Crippen molar-refractivity contribution in [1.29, 1.82) is 0 Å². The number of carbonyl (C=O) groups is 3. The Labute approximate surface area is 102 Å². The molecule has 1 fully saturated rings. The van der Waals surface area contributed by atoms with E-state index in [1.165, 1.54) is 4.90 Å². The number of hydroxylamine groups is 2. The average molecular weight is 260 g/mol. The van der Waals surface area contributed by atoms with Crippen molar-refractivity contribution in [3.05, 3.63) is 11.6 Å². The summed E-state index contributed by atoms with van der Waals surface area (Å²) in [5.41, 5.74) is 0.875. The summed E-state index contributed by atoms with van der Waals surface area (Å²) in [7, 11) is 0. The van der Waals surface area contributed by atoms with Crippen molar-refractivity contribution in [2.24, 2.45) is 0 Å². The van der Waals surface area contributed by atoms with Crippen LogP contribution in [0.3, 0.4) is 0 Å². The van der Waals surface area contributed by atoms with E-state index in [1.54, 1.807) is 6.92 Å². The number of rotatable bonds is 3. The third-order valence-corrected chi connectivity index (χ3v) is 2.69. The van der Waals surface area contributed by atoms with Gasteiger partial charge in [0, 0.05) is 13.1 Å². The van der Waals surface area contributed by atoms with Gasteiger partial charge in [-0.15, -0.1) is 0 Å². The molecule has 2 unspecified atom stereocenters. The molecule has 2 amide bonds. The molecule has 2 rings (SSSR count). The van der Waals surface area contributed by atoms with Crippen LogP contribution in [0, 0.1) is 0 Å². The maximum Gasteiger partial charge on any atom is 0.368 e. The van der Waals surface area contributed by atoms with E-state index < -0.39 is 18.4 Å². The lowest BCUT2D eigenvalue weighted by molar-refractivity contribution is -0.220. The molecule has 0 aromatic rings. The molecule has 1 saturated heterocycles. The van der Waals surface area contributed by atoms with Crippen LogP contribution >= 0.6 is 0 Å². The van der Waals surface area contributed by atoms with E-state index >= 15 is 0 Å². The first-order valence-electron chi connectivity index (χ1n) is 5.08. The van der Waals surface area contributed by atoms with E-state index in [9.17, 15) is 14.0 Å². The number of amides is 2. The fourth-order valence-electron chi connectivity index (χ4n) is 1.77. The Bertz CT molecular complexity index is 386. The van der Waals surface area contributed by atoms with Crippen molar-refractivity contribution in [2.75, 3.05) is 13.1 Å². The highest BCUT2D eigenvalue weighted by molar-refractivity contribution is 5.78. The predicted molar refractivity (Wildman–Crippen MR) is 57.1 cm³/mol.